The highest BCUT2D eigenvalue weighted by Gasteiger charge is 1.86. The lowest BCUT2D eigenvalue weighted by molar-refractivity contribution is -0.106. The maximum absolute atomic E-state index is 8.81. The molecule has 0 aromatic heterocycles. The van der Waals surface area contributed by atoms with Crippen molar-refractivity contribution >= 4 is 6.29 Å². The average molecular weight is 138 g/mol. The summed E-state index contributed by atoms with van der Waals surface area (Å²) in [6.07, 6.45) is 9.87. The zero-order chi connectivity index (χ0) is 7.82. The SMILES string of the molecule is CC1=CCCC=C1.CC=O. The summed E-state index contributed by atoms with van der Waals surface area (Å²) < 4.78 is 0. The van der Waals surface area contributed by atoms with Gasteiger partial charge < -0.3 is 4.79 Å². The second kappa shape index (κ2) is 6.27. The van der Waals surface area contributed by atoms with Crippen molar-refractivity contribution in [3.8, 4) is 0 Å². The molecule has 0 atom stereocenters. The predicted molar refractivity (Wildman–Crippen MR) is 43.9 cm³/mol. The second-order valence-electron chi connectivity index (χ2n) is 2.16. The van der Waals surface area contributed by atoms with Gasteiger partial charge in [0.1, 0.15) is 6.29 Å². The number of rotatable bonds is 0. The van der Waals surface area contributed by atoms with Gasteiger partial charge in [-0.25, -0.2) is 0 Å². The molecule has 0 radical (unpaired) electrons. The molecule has 1 nitrogen and oxygen atoms in total. The van der Waals surface area contributed by atoms with E-state index in [2.05, 4.69) is 25.2 Å². The summed E-state index contributed by atoms with van der Waals surface area (Å²) in [6, 6.07) is 0. The van der Waals surface area contributed by atoms with Crippen LogP contribution < -0.4 is 0 Å². The highest BCUT2D eigenvalue weighted by atomic mass is 16.1. The topological polar surface area (TPSA) is 17.1 Å². The summed E-state index contributed by atoms with van der Waals surface area (Å²) in [5, 5.41) is 0. The minimum absolute atomic E-state index is 0.750. The van der Waals surface area contributed by atoms with E-state index >= 15 is 0 Å². The molecule has 0 N–H and O–H groups in total. The van der Waals surface area contributed by atoms with Gasteiger partial charge in [0.05, 0.1) is 0 Å². The maximum Gasteiger partial charge on any atom is 0.116 e. The highest BCUT2D eigenvalue weighted by Crippen LogP contribution is 2.06. The molecule has 0 aromatic carbocycles. The Bertz CT molecular complexity index is 143. The van der Waals surface area contributed by atoms with Crippen LogP contribution in [0, 0.1) is 0 Å². The van der Waals surface area contributed by atoms with Gasteiger partial charge in [0.25, 0.3) is 0 Å². The van der Waals surface area contributed by atoms with E-state index in [4.69, 9.17) is 4.79 Å². The van der Waals surface area contributed by atoms with Crippen LogP contribution in [-0.4, -0.2) is 6.29 Å². The van der Waals surface area contributed by atoms with Gasteiger partial charge in [-0.1, -0.05) is 23.8 Å². The van der Waals surface area contributed by atoms with Crippen molar-refractivity contribution in [2.24, 2.45) is 0 Å². The van der Waals surface area contributed by atoms with Crippen molar-refractivity contribution < 1.29 is 4.79 Å². The Labute approximate surface area is 62.4 Å². The van der Waals surface area contributed by atoms with Crippen LogP contribution in [0.1, 0.15) is 26.7 Å². The van der Waals surface area contributed by atoms with Crippen molar-refractivity contribution in [2.45, 2.75) is 26.7 Å². The monoisotopic (exact) mass is 138 g/mol. The number of carbonyl (C=O) groups excluding carboxylic acids is 1. The average Bonchev–Trinajstić information content (AvgIpc) is 1.91. The molecule has 0 fully saturated rings. The summed E-state index contributed by atoms with van der Waals surface area (Å²) >= 11 is 0. The fourth-order valence-corrected chi connectivity index (χ4v) is 0.744. The Morgan fingerprint density at radius 2 is 2.10 bits per heavy atom. The van der Waals surface area contributed by atoms with E-state index in [-0.39, 0.29) is 0 Å². The van der Waals surface area contributed by atoms with Gasteiger partial charge in [-0.2, -0.15) is 0 Å². The molecule has 0 spiro atoms. The molecule has 56 valence electrons. The smallest absolute Gasteiger partial charge is 0.116 e. The molecule has 1 aliphatic carbocycles. The van der Waals surface area contributed by atoms with Gasteiger partial charge in [-0.15, -0.1) is 0 Å². The third-order valence-corrected chi connectivity index (χ3v) is 1.18. The number of hydrogen-bond acceptors (Lipinski definition) is 1. The zero-order valence-electron chi connectivity index (χ0n) is 6.63. The molecule has 0 aliphatic heterocycles. The molecule has 10 heavy (non-hydrogen) atoms. The van der Waals surface area contributed by atoms with Crippen LogP contribution in [0.3, 0.4) is 0 Å². The molecule has 1 aliphatic rings. The number of allylic oxidation sites excluding steroid dienone is 4. The van der Waals surface area contributed by atoms with Crippen molar-refractivity contribution in [1.82, 2.24) is 0 Å². The number of hydrogen-bond donors (Lipinski definition) is 0. The normalized spacial score (nSPS) is 14.8. The minimum atomic E-state index is 0.750. The zero-order valence-corrected chi connectivity index (χ0v) is 6.63. The number of aldehydes is 1. The van der Waals surface area contributed by atoms with E-state index in [1.165, 1.54) is 25.3 Å². The largest absolute Gasteiger partial charge is 0.304 e. The maximum atomic E-state index is 8.81. The summed E-state index contributed by atoms with van der Waals surface area (Å²) in [5.74, 6) is 0. The van der Waals surface area contributed by atoms with Gasteiger partial charge in [-0.3, -0.25) is 0 Å². The van der Waals surface area contributed by atoms with Crippen molar-refractivity contribution in [1.29, 1.82) is 0 Å². The number of carbonyl (C=O) groups is 1. The fourth-order valence-electron chi connectivity index (χ4n) is 0.744. The van der Waals surface area contributed by atoms with Crippen LogP contribution in [0.15, 0.2) is 23.8 Å². The molecule has 0 amide bonds. The molecule has 0 unspecified atom stereocenters. The van der Waals surface area contributed by atoms with E-state index in [1.54, 1.807) is 0 Å². The van der Waals surface area contributed by atoms with Crippen molar-refractivity contribution in [3.63, 3.8) is 0 Å². The summed E-state index contributed by atoms with van der Waals surface area (Å²) in [4.78, 5) is 8.81. The molecular formula is C9H14O. The standard InChI is InChI=1S/C7H10.C2H4O/c1-7-5-3-2-4-6-7;1-2-3/h3,5-6H,2,4H2,1H3;2H,1H3. The third kappa shape index (κ3) is 5.29. The molecule has 1 rings (SSSR count). The first-order valence-electron chi connectivity index (χ1n) is 3.54. The minimum Gasteiger partial charge on any atom is -0.304 e. The Morgan fingerprint density at radius 1 is 1.50 bits per heavy atom. The van der Waals surface area contributed by atoms with Gasteiger partial charge >= 0.3 is 0 Å². The Kier molecular flexibility index (Phi) is 5.74. The first-order chi connectivity index (χ1) is 4.81. The first kappa shape index (κ1) is 9.15. The summed E-state index contributed by atoms with van der Waals surface area (Å²) in [7, 11) is 0. The third-order valence-electron chi connectivity index (χ3n) is 1.18. The van der Waals surface area contributed by atoms with Crippen molar-refractivity contribution in [3.05, 3.63) is 23.8 Å². The van der Waals surface area contributed by atoms with Crippen LogP contribution in [0.25, 0.3) is 0 Å². The lowest BCUT2D eigenvalue weighted by atomic mass is 10.1. The van der Waals surface area contributed by atoms with E-state index in [1.807, 2.05) is 0 Å². The van der Waals surface area contributed by atoms with Gasteiger partial charge in [0.15, 0.2) is 0 Å². The van der Waals surface area contributed by atoms with E-state index in [9.17, 15) is 0 Å². The van der Waals surface area contributed by atoms with E-state index < -0.39 is 0 Å². The summed E-state index contributed by atoms with van der Waals surface area (Å²) in [5.41, 5.74) is 1.41. The fraction of sp³-hybridized carbons (Fsp3) is 0.444. The second-order valence-corrected chi connectivity index (χ2v) is 2.16. The van der Waals surface area contributed by atoms with Crippen LogP contribution >= 0.6 is 0 Å². The molecule has 0 heterocycles. The molecule has 1 heteroatoms. The van der Waals surface area contributed by atoms with Crippen LogP contribution in [0.4, 0.5) is 0 Å². The highest BCUT2D eigenvalue weighted by molar-refractivity contribution is 5.44. The Hall–Kier alpha value is -0.850. The Morgan fingerprint density at radius 3 is 2.30 bits per heavy atom. The quantitative estimate of drug-likeness (QED) is 0.470. The van der Waals surface area contributed by atoms with Gasteiger partial charge in [-0.05, 0) is 26.7 Å². The molecule has 0 saturated carbocycles. The van der Waals surface area contributed by atoms with Crippen LogP contribution in [-0.2, 0) is 4.79 Å². The van der Waals surface area contributed by atoms with Crippen LogP contribution in [0.5, 0.6) is 0 Å². The summed E-state index contributed by atoms with van der Waals surface area (Å²) in [6.45, 7) is 3.58. The van der Waals surface area contributed by atoms with E-state index in [0.29, 0.717) is 0 Å². The lowest BCUT2D eigenvalue weighted by Gasteiger charge is -1.96. The van der Waals surface area contributed by atoms with Gasteiger partial charge in [0.2, 0.25) is 0 Å². The van der Waals surface area contributed by atoms with E-state index in [0.717, 1.165) is 6.29 Å². The van der Waals surface area contributed by atoms with Crippen LogP contribution in [0.2, 0.25) is 0 Å². The molecular weight excluding hydrogens is 124 g/mol. The molecule has 0 bridgehead atoms. The Balaban J connectivity index is 0.000000236. The van der Waals surface area contributed by atoms with Gasteiger partial charge in [0, 0.05) is 0 Å². The lowest BCUT2D eigenvalue weighted by Crippen LogP contribution is -1.76. The van der Waals surface area contributed by atoms with Crippen molar-refractivity contribution in [2.75, 3.05) is 0 Å². The molecule has 0 saturated heterocycles. The molecule has 0 aromatic rings. The predicted octanol–water partition coefficient (Wildman–Crippen LogP) is 2.49. The first-order valence-corrected chi connectivity index (χ1v) is 3.54.